The van der Waals surface area contributed by atoms with Gasteiger partial charge >= 0.3 is 6.18 Å². The smallest absolute Gasteiger partial charge is 0.304 e. The van der Waals surface area contributed by atoms with Crippen molar-refractivity contribution in [3.63, 3.8) is 0 Å². The third kappa shape index (κ3) is 3.76. The van der Waals surface area contributed by atoms with Crippen LogP contribution >= 0.6 is 11.8 Å². The summed E-state index contributed by atoms with van der Waals surface area (Å²) in [5.74, 6) is -0.308. The molecule has 28 heavy (non-hydrogen) atoms. The number of aliphatic imine (C=N–C) groups is 1. The van der Waals surface area contributed by atoms with E-state index in [4.69, 9.17) is 5.26 Å². The molecule has 144 valence electrons. The lowest BCUT2D eigenvalue weighted by atomic mass is 9.98. The second-order valence-electron chi connectivity index (χ2n) is 6.47. The molecule has 1 heterocycles. The molecular weight excluding hydrogens is 387 g/mol. The number of halogens is 3. The van der Waals surface area contributed by atoms with Gasteiger partial charge in [0, 0.05) is 0 Å². The number of nitrogens with zero attached hydrogens (tertiary/aromatic N) is 2. The van der Waals surface area contributed by atoms with E-state index in [1.807, 2.05) is 6.07 Å². The average molecular weight is 403 g/mol. The summed E-state index contributed by atoms with van der Waals surface area (Å²) in [6, 6.07) is 13.1. The van der Waals surface area contributed by atoms with Crippen molar-refractivity contribution in [2.75, 3.05) is 0 Å². The predicted molar refractivity (Wildman–Crippen MR) is 102 cm³/mol. The van der Waals surface area contributed by atoms with Crippen LogP contribution < -0.4 is 5.32 Å². The summed E-state index contributed by atoms with van der Waals surface area (Å²) in [4.78, 5) is 16.9. The average Bonchev–Trinajstić information content (AvgIpc) is 2.95. The zero-order valence-corrected chi connectivity index (χ0v) is 15.9. The van der Waals surface area contributed by atoms with Gasteiger partial charge in [-0.05, 0) is 43.2 Å². The molecule has 1 aliphatic rings. The maximum Gasteiger partial charge on any atom is 0.416 e. The summed E-state index contributed by atoms with van der Waals surface area (Å²) in [5, 5.41) is 11.8. The quantitative estimate of drug-likeness (QED) is 0.803. The first-order valence-corrected chi connectivity index (χ1v) is 9.22. The molecule has 1 saturated heterocycles. The molecule has 0 spiro atoms. The zero-order valence-electron chi connectivity index (χ0n) is 15.0. The molecule has 1 amide bonds. The van der Waals surface area contributed by atoms with E-state index in [9.17, 15) is 18.0 Å². The summed E-state index contributed by atoms with van der Waals surface area (Å²) in [6.07, 6.45) is -4.48. The number of nitrogens with one attached hydrogen (secondary N) is 1. The SMILES string of the molecule is C[C@H](N=C1NC(=O)[C@](C)(c2ccc(C#N)cc2)S1)c1ccccc1C(F)(F)F. The van der Waals surface area contributed by atoms with Gasteiger partial charge in [0.05, 0.1) is 23.2 Å². The standard InChI is InChI=1S/C20H16F3N3OS/c1-12(15-5-3-4-6-16(15)20(21,22)23)25-18-26-17(27)19(2,28-18)14-9-7-13(11-24)8-10-14/h3-10,12H,1-2H3,(H,25,26,27)/t12-,19-/m0/s1. The largest absolute Gasteiger partial charge is 0.416 e. The second-order valence-corrected chi connectivity index (χ2v) is 7.88. The summed E-state index contributed by atoms with van der Waals surface area (Å²) in [5.41, 5.74) is 0.463. The number of hydrogen-bond donors (Lipinski definition) is 1. The van der Waals surface area contributed by atoms with E-state index in [1.54, 1.807) is 38.1 Å². The van der Waals surface area contributed by atoms with Crippen molar-refractivity contribution >= 4 is 22.8 Å². The normalized spacial score (nSPS) is 22.0. The number of carbonyl (C=O) groups is 1. The van der Waals surface area contributed by atoms with Gasteiger partial charge in [-0.2, -0.15) is 18.4 Å². The topological polar surface area (TPSA) is 65.2 Å². The van der Waals surface area contributed by atoms with Crippen LogP contribution in [-0.2, 0) is 15.7 Å². The van der Waals surface area contributed by atoms with Crippen LogP contribution in [0.1, 0.15) is 42.1 Å². The fraction of sp³-hybridized carbons (Fsp3) is 0.250. The van der Waals surface area contributed by atoms with Crippen LogP contribution in [0.3, 0.4) is 0 Å². The Morgan fingerprint density at radius 2 is 1.82 bits per heavy atom. The Hall–Kier alpha value is -2.79. The van der Waals surface area contributed by atoms with E-state index in [-0.39, 0.29) is 16.6 Å². The molecule has 0 aromatic heterocycles. The summed E-state index contributed by atoms with van der Waals surface area (Å²) < 4.78 is 38.8. The number of alkyl halides is 3. The molecule has 4 nitrogen and oxygen atoms in total. The van der Waals surface area contributed by atoms with Crippen molar-refractivity contribution in [3.05, 3.63) is 70.8 Å². The van der Waals surface area contributed by atoms with Crippen LogP contribution in [0, 0.1) is 11.3 Å². The monoisotopic (exact) mass is 403 g/mol. The molecule has 1 fully saturated rings. The Balaban J connectivity index is 1.89. The van der Waals surface area contributed by atoms with Crippen LogP contribution in [0.25, 0.3) is 0 Å². The first-order chi connectivity index (χ1) is 13.1. The Bertz CT molecular complexity index is 979. The van der Waals surface area contributed by atoms with Crippen LogP contribution in [0.5, 0.6) is 0 Å². The van der Waals surface area contributed by atoms with E-state index in [2.05, 4.69) is 10.3 Å². The van der Waals surface area contributed by atoms with Crippen LogP contribution in [0.2, 0.25) is 0 Å². The maximum absolute atomic E-state index is 13.2. The first-order valence-electron chi connectivity index (χ1n) is 8.40. The van der Waals surface area contributed by atoms with Gasteiger partial charge in [-0.1, -0.05) is 42.1 Å². The van der Waals surface area contributed by atoms with Crippen LogP contribution in [-0.4, -0.2) is 11.1 Å². The highest BCUT2D eigenvalue weighted by molar-refractivity contribution is 8.15. The Kier molecular flexibility index (Phi) is 5.22. The molecule has 1 N–H and O–H groups in total. The van der Waals surface area contributed by atoms with Crippen molar-refractivity contribution in [2.45, 2.75) is 30.8 Å². The number of amidine groups is 1. The predicted octanol–water partition coefficient (Wildman–Crippen LogP) is 4.77. The highest BCUT2D eigenvalue weighted by Gasteiger charge is 2.44. The molecule has 2 aromatic rings. The number of thioether (sulfide) groups is 1. The highest BCUT2D eigenvalue weighted by Crippen LogP contribution is 2.42. The van der Waals surface area contributed by atoms with Crippen molar-refractivity contribution in [1.82, 2.24) is 5.32 Å². The number of carbonyl (C=O) groups excluding carboxylic acids is 1. The molecule has 0 unspecified atom stereocenters. The van der Waals surface area contributed by atoms with Gasteiger partial charge in [-0.15, -0.1) is 0 Å². The molecule has 2 atom stereocenters. The Morgan fingerprint density at radius 3 is 2.43 bits per heavy atom. The van der Waals surface area contributed by atoms with Crippen molar-refractivity contribution in [1.29, 1.82) is 5.26 Å². The van der Waals surface area contributed by atoms with Crippen molar-refractivity contribution in [2.24, 2.45) is 4.99 Å². The fourth-order valence-electron chi connectivity index (χ4n) is 2.96. The second kappa shape index (κ2) is 7.32. The number of amides is 1. The lowest BCUT2D eigenvalue weighted by Crippen LogP contribution is -2.31. The number of nitriles is 1. The summed E-state index contributed by atoms with van der Waals surface area (Å²) in [7, 11) is 0. The van der Waals surface area contributed by atoms with Gasteiger partial charge in [0.2, 0.25) is 5.91 Å². The number of rotatable bonds is 3. The lowest BCUT2D eigenvalue weighted by molar-refractivity contribution is -0.138. The van der Waals surface area contributed by atoms with Crippen molar-refractivity contribution in [3.8, 4) is 6.07 Å². The van der Waals surface area contributed by atoms with E-state index in [0.29, 0.717) is 11.1 Å². The summed E-state index contributed by atoms with van der Waals surface area (Å²) in [6.45, 7) is 3.27. The van der Waals surface area contributed by atoms with Crippen LogP contribution in [0.4, 0.5) is 13.2 Å². The van der Waals surface area contributed by atoms with E-state index < -0.39 is 22.5 Å². The third-order valence-corrected chi connectivity index (χ3v) is 5.78. The van der Waals surface area contributed by atoms with Gasteiger partial charge < -0.3 is 5.32 Å². The molecule has 3 rings (SSSR count). The molecule has 0 saturated carbocycles. The molecule has 0 radical (unpaired) electrons. The van der Waals surface area contributed by atoms with Gasteiger partial charge in [0.15, 0.2) is 5.17 Å². The maximum atomic E-state index is 13.2. The third-order valence-electron chi connectivity index (χ3n) is 4.55. The lowest BCUT2D eigenvalue weighted by Gasteiger charge is -2.19. The van der Waals surface area contributed by atoms with Crippen molar-refractivity contribution < 1.29 is 18.0 Å². The molecule has 0 bridgehead atoms. The van der Waals surface area contributed by atoms with E-state index >= 15 is 0 Å². The van der Waals surface area contributed by atoms with Gasteiger partial charge in [0.25, 0.3) is 0 Å². The molecule has 1 aliphatic heterocycles. The van der Waals surface area contributed by atoms with Gasteiger partial charge in [-0.25, -0.2) is 0 Å². The Labute approximate surface area is 164 Å². The fourth-order valence-corrected chi connectivity index (χ4v) is 4.10. The molecular formula is C20H16F3N3OS. The minimum absolute atomic E-state index is 0.0457. The zero-order chi connectivity index (χ0) is 20.5. The first kappa shape index (κ1) is 20.0. The minimum Gasteiger partial charge on any atom is -0.304 e. The number of hydrogen-bond acceptors (Lipinski definition) is 4. The summed E-state index contributed by atoms with van der Waals surface area (Å²) >= 11 is 1.15. The molecule has 8 heteroatoms. The molecule has 2 aromatic carbocycles. The number of benzene rings is 2. The van der Waals surface area contributed by atoms with Gasteiger partial charge in [0.1, 0.15) is 4.75 Å². The van der Waals surface area contributed by atoms with Crippen LogP contribution in [0.15, 0.2) is 53.5 Å². The Morgan fingerprint density at radius 1 is 1.18 bits per heavy atom. The van der Waals surface area contributed by atoms with Gasteiger partial charge in [-0.3, -0.25) is 9.79 Å². The highest BCUT2D eigenvalue weighted by atomic mass is 32.2. The van der Waals surface area contributed by atoms with E-state index in [1.165, 1.54) is 18.2 Å². The van der Waals surface area contributed by atoms with E-state index in [0.717, 1.165) is 17.8 Å². The molecule has 0 aliphatic carbocycles. The minimum atomic E-state index is -4.48.